The van der Waals surface area contributed by atoms with Gasteiger partial charge in [-0.2, -0.15) is 0 Å². The van der Waals surface area contributed by atoms with Crippen LogP contribution >= 0.6 is 11.6 Å². The minimum Gasteiger partial charge on any atom is -0.493 e. The van der Waals surface area contributed by atoms with Crippen LogP contribution in [-0.2, 0) is 0 Å². The summed E-state index contributed by atoms with van der Waals surface area (Å²) in [5.41, 5.74) is 1.69. The smallest absolute Gasteiger partial charge is 0.273 e. The highest BCUT2D eigenvalue weighted by Crippen LogP contribution is 2.25. The largest absolute Gasteiger partial charge is 0.493 e. The Bertz CT molecular complexity index is 925. The molecule has 8 heteroatoms. The van der Waals surface area contributed by atoms with Gasteiger partial charge >= 0.3 is 0 Å². The summed E-state index contributed by atoms with van der Waals surface area (Å²) >= 11 is 5.90. The van der Waals surface area contributed by atoms with Crippen LogP contribution in [0.1, 0.15) is 16.2 Å². The summed E-state index contributed by atoms with van der Waals surface area (Å²) < 4.78 is 12.4. The lowest BCUT2D eigenvalue weighted by atomic mass is 10.3. The molecule has 0 radical (unpaired) electrons. The molecule has 0 bridgehead atoms. The molecule has 0 aliphatic heterocycles. The first kappa shape index (κ1) is 18.7. The van der Waals surface area contributed by atoms with Gasteiger partial charge in [-0.05, 0) is 43.3 Å². The first-order valence-electron chi connectivity index (χ1n) is 8.32. The third kappa shape index (κ3) is 4.38. The summed E-state index contributed by atoms with van der Waals surface area (Å²) in [6.45, 7) is 2.41. The maximum absolute atomic E-state index is 12.4. The minimum absolute atomic E-state index is 0.266. The van der Waals surface area contributed by atoms with Crippen molar-refractivity contribution in [1.29, 1.82) is 0 Å². The number of carbonyl (C=O) groups excluding carboxylic acids is 1. The van der Waals surface area contributed by atoms with Crippen LogP contribution < -0.4 is 14.8 Å². The highest BCUT2D eigenvalue weighted by molar-refractivity contribution is 6.30. The summed E-state index contributed by atoms with van der Waals surface area (Å²) in [6.07, 6.45) is 0. The number of rotatable bonds is 7. The predicted octanol–water partition coefficient (Wildman–Crippen LogP) is 3.05. The average molecular weight is 387 g/mol. The van der Waals surface area contributed by atoms with Gasteiger partial charge in [0.2, 0.25) is 0 Å². The van der Waals surface area contributed by atoms with Crippen LogP contribution in [0.2, 0.25) is 5.02 Å². The van der Waals surface area contributed by atoms with Gasteiger partial charge in [0.25, 0.3) is 5.91 Å². The number of hydrogen-bond acceptors (Lipinski definition) is 5. The van der Waals surface area contributed by atoms with Crippen LogP contribution in [0.5, 0.6) is 11.5 Å². The van der Waals surface area contributed by atoms with Gasteiger partial charge in [0.15, 0.2) is 17.2 Å². The molecule has 140 valence electrons. The second kappa shape index (κ2) is 8.55. The number of hydrogen-bond donors (Lipinski definition) is 1. The van der Waals surface area contributed by atoms with Crippen LogP contribution in [0.25, 0.3) is 5.69 Å². The molecule has 0 saturated carbocycles. The van der Waals surface area contributed by atoms with Crippen molar-refractivity contribution < 1.29 is 14.3 Å². The number of nitrogens with one attached hydrogen (secondary N) is 1. The SMILES string of the molecule is COc1ccccc1OCCNC(=O)c1nnn(-c2ccc(Cl)cc2)c1C. The van der Waals surface area contributed by atoms with E-state index in [4.69, 9.17) is 21.1 Å². The Kier molecular flexibility index (Phi) is 5.93. The van der Waals surface area contributed by atoms with Gasteiger partial charge in [-0.3, -0.25) is 4.79 Å². The van der Waals surface area contributed by atoms with Crippen molar-refractivity contribution >= 4 is 17.5 Å². The lowest BCUT2D eigenvalue weighted by molar-refractivity contribution is 0.0941. The van der Waals surface area contributed by atoms with Crippen molar-refractivity contribution in [2.24, 2.45) is 0 Å². The van der Waals surface area contributed by atoms with Crippen LogP contribution in [0.15, 0.2) is 48.5 Å². The number of nitrogens with zero attached hydrogens (tertiary/aromatic N) is 3. The molecule has 27 heavy (non-hydrogen) atoms. The Hall–Kier alpha value is -3.06. The monoisotopic (exact) mass is 386 g/mol. The molecule has 1 amide bonds. The first-order valence-corrected chi connectivity index (χ1v) is 8.70. The van der Waals surface area contributed by atoms with Crippen LogP contribution in [-0.4, -0.2) is 41.2 Å². The number of methoxy groups -OCH3 is 1. The van der Waals surface area contributed by atoms with Gasteiger partial charge in [-0.1, -0.05) is 28.9 Å². The first-order chi connectivity index (χ1) is 13.1. The van der Waals surface area contributed by atoms with Crippen LogP contribution in [0, 0.1) is 6.92 Å². The quantitative estimate of drug-likeness (QED) is 0.631. The second-order valence-corrected chi connectivity index (χ2v) is 6.10. The molecule has 2 aromatic carbocycles. The van der Waals surface area contributed by atoms with Crippen molar-refractivity contribution in [1.82, 2.24) is 20.3 Å². The van der Waals surface area contributed by atoms with E-state index in [1.165, 1.54) is 0 Å². The molecule has 0 saturated heterocycles. The topological polar surface area (TPSA) is 78.3 Å². The highest BCUT2D eigenvalue weighted by atomic mass is 35.5. The molecule has 0 fully saturated rings. The average Bonchev–Trinajstić information content (AvgIpc) is 3.07. The van der Waals surface area contributed by atoms with Gasteiger partial charge in [0.05, 0.1) is 25.0 Å². The van der Waals surface area contributed by atoms with Gasteiger partial charge in [-0.15, -0.1) is 5.10 Å². The maximum atomic E-state index is 12.4. The fourth-order valence-corrected chi connectivity index (χ4v) is 2.64. The third-order valence-electron chi connectivity index (χ3n) is 3.90. The van der Waals surface area contributed by atoms with Gasteiger partial charge < -0.3 is 14.8 Å². The van der Waals surface area contributed by atoms with Crippen LogP contribution in [0.4, 0.5) is 0 Å². The van der Waals surface area contributed by atoms with Crippen molar-refractivity contribution in [3.05, 3.63) is 64.9 Å². The zero-order valence-corrected chi connectivity index (χ0v) is 15.7. The van der Waals surface area contributed by atoms with E-state index in [1.54, 1.807) is 30.8 Å². The van der Waals surface area contributed by atoms with E-state index in [2.05, 4.69) is 15.6 Å². The lowest BCUT2D eigenvalue weighted by Gasteiger charge is -2.10. The summed E-state index contributed by atoms with van der Waals surface area (Å²) in [6, 6.07) is 14.5. The van der Waals surface area contributed by atoms with E-state index < -0.39 is 0 Å². The van der Waals surface area contributed by atoms with E-state index in [9.17, 15) is 4.79 Å². The van der Waals surface area contributed by atoms with E-state index >= 15 is 0 Å². The Morgan fingerprint density at radius 1 is 1.15 bits per heavy atom. The second-order valence-electron chi connectivity index (χ2n) is 5.67. The van der Waals surface area contributed by atoms with Crippen molar-refractivity contribution in [2.45, 2.75) is 6.92 Å². The zero-order chi connectivity index (χ0) is 19.2. The molecule has 0 unspecified atom stereocenters. The number of halogens is 1. The molecule has 0 spiro atoms. The number of para-hydroxylation sites is 2. The maximum Gasteiger partial charge on any atom is 0.273 e. The number of aromatic nitrogens is 3. The molecule has 0 aliphatic carbocycles. The van der Waals surface area contributed by atoms with Gasteiger partial charge in [0.1, 0.15) is 6.61 Å². The summed E-state index contributed by atoms with van der Waals surface area (Å²) in [7, 11) is 1.58. The van der Waals surface area contributed by atoms with Crippen molar-refractivity contribution in [3.63, 3.8) is 0 Å². The summed E-state index contributed by atoms with van der Waals surface area (Å²) in [5.74, 6) is 0.959. The number of ether oxygens (including phenoxy) is 2. The Balaban J connectivity index is 1.58. The molecule has 7 nitrogen and oxygen atoms in total. The third-order valence-corrected chi connectivity index (χ3v) is 4.15. The fourth-order valence-electron chi connectivity index (χ4n) is 2.51. The molecule has 3 aromatic rings. The molecule has 3 rings (SSSR count). The number of carbonyl (C=O) groups is 1. The number of benzene rings is 2. The molecule has 0 aliphatic rings. The normalized spacial score (nSPS) is 10.5. The fraction of sp³-hybridized carbons (Fsp3) is 0.211. The standard InChI is InChI=1S/C19H19ClN4O3/c1-13-18(22-23-24(13)15-9-7-14(20)8-10-15)19(25)21-11-12-27-17-6-4-3-5-16(17)26-2/h3-10H,11-12H2,1-2H3,(H,21,25). The van der Waals surface area contributed by atoms with Crippen molar-refractivity contribution in [3.8, 4) is 17.2 Å². The van der Waals surface area contributed by atoms with Crippen molar-refractivity contribution in [2.75, 3.05) is 20.3 Å². The predicted molar refractivity (Wildman–Crippen MR) is 102 cm³/mol. The molecular formula is C19H19ClN4O3. The highest BCUT2D eigenvalue weighted by Gasteiger charge is 2.17. The van der Waals surface area contributed by atoms with Gasteiger partial charge in [0, 0.05) is 5.02 Å². The number of amides is 1. The van der Waals surface area contributed by atoms with Crippen LogP contribution in [0.3, 0.4) is 0 Å². The van der Waals surface area contributed by atoms with E-state index in [0.29, 0.717) is 35.4 Å². The van der Waals surface area contributed by atoms with E-state index in [1.807, 2.05) is 36.4 Å². The summed E-state index contributed by atoms with van der Waals surface area (Å²) in [4.78, 5) is 12.4. The molecule has 0 atom stereocenters. The molecule has 1 N–H and O–H groups in total. The molecule has 1 heterocycles. The lowest BCUT2D eigenvalue weighted by Crippen LogP contribution is -2.29. The van der Waals surface area contributed by atoms with E-state index in [0.717, 1.165) is 5.69 Å². The van der Waals surface area contributed by atoms with Gasteiger partial charge in [-0.25, -0.2) is 4.68 Å². The Labute approximate surface area is 161 Å². The Morgan fingerprint density at radius 3 is 2.56 bits per heavy atom. The minimum atomic E-state index is -0.309. The Morgan fingerprint density at radius 2 is 1.85 bits per heavy atom. The summed E-state index contributed by atoms with van der Waals surface area (Å²) in [5, 5.41) is 11.4. The molecule has 1 aromatic heterocycles. The molecular weight excluding hydrogens is 368 g/mol. The zero-order valence-electron chi connectivity index (χ0n) is 15.0. The van der Waals surface area contributed by atoms with E-state index in [-0.39, 0.29) is 11.6 Å².